The van der Waals surface area contributed by atoms with E-state index in [1.807, 2.05) is 11.3 Å². The number of rotatable bonds is 3. The van der Waals surface area contributed by atoms with Gasteiger partial charge in [0.2, 0.25) is 0 Å². The normalized spacial score (nSPS) is 31.2. The average molecular weight is 358 g/mol. The standard InChI is InChI=1S/C21H31N3S/c1-20(2)9-15-10-21(3,12-20)13-24(15)14-23-19-17(11-22)16-7-5-4-6-8-18(16)25-19/h11,14-15,22H,4-10,12-13H2,1-3H3/b22-11?,23-14+. The highest BCUT2D eigenvalue weighted by molar-refractivity contribution is 7.16. The molecule has 4 rings (SSSR count). The van der Waals surface area contributed by atoms with E-state index in [1.165, 1.54) is 55.4 Å². The van der Waals surface area contributed by atoms with Crippen LogP contribution in [0.15, 0.2) is 4.99 Å². The third kappa shape index (κ3) is 3.30. The van der Waals surface area contributed by atoms with Gasteiger partial charge in [0, 0.05) is 29.2 Å². The number of aryl methyl sites for hydroxylation is 1. The van der Waals surface area contributed by atoms with Crippen molar-refractivity contribution in [2.75, 3.05) is 6.54 Å². The fourth-order valence-corrected chi connectivity index (χ4v) is 6.97. The molecule has 2 heterocycles. The van der Waals surface area contributed by atoms with Crippen LogP contribution in [0.5, 0.6) is 0 Å². The molecule has 1 aliphatic heterocycles. The summed E-state index contributed by atoms with van der Waals surface area (Å²) < 4.78 is 0. The summed E-state index contributed by atoms with van der Waals surface area (Å²) in [5.41, 5.74) is 3.39. The molecule has 2 atom stereocenters. The molecule has 0 aromatic carbocycles. The van der Waals surface area contributed by atoms with Crippen LogP contribution in [0.2, 0.25) is 0 Å². The number of hydrogen-bond acceptors (Lipinski definition) is 3. The van der Waals surface area contributed by atoms with Crippen molar-refractivity contribution in [3.05, 3.63) is 16.0 Å². The highest BCUT2D eigenvalue weighted by Gasteiger charge is 2.48. The monoisotopic (exact) mass is 357 g/mol. The lowest BCUT2D eigenvalue weighted by atomic mass is 9.65. The van der Waals surface area contributed by atoms with Gasteiger partial charge in [-0.05, 0) is 61.3 Å². The second kappa shape index (κ2) is 6.22. The minimum Gasteiger partial charge on any atom is -0.359 e. The van der Waals surface area contributed by atoms with Gasteiger partial charge in [-0.3, -0.25) is 0 Å². The van der Waals surface area contributed by atoms with E-state index in [1.54, 1.807) is 6.21 Å². The first-order valence-electron chi connectivity index (χ1n) is 9.84. The van der Waals surface area contributed by atoms with Gasteiger partial charge < -0.3 is 10.3 Å². The second-order valence-electron chi connectivity index (χ2n) is 9.56. The molecule has 2 bridgehead atoms. The van der Waals surface area contributed by atoms with Crippen molar-refractivity contribution in [3.63, 3.8) is 0 Å². The zero-order chi connectivity index (χ0) is 17.7. The van der Waals surface area contributed by atoms with Gasteiger partial charge in [0.15, 0.2) is 0 Å². The third-order valence-electron chi connectivity index (χ3n) is 6.37. The SMILES string of the molecule is CC1(C)CC2CC(C)(CN2/C=N/c2sc3c(c2C=N)CCCCC3)C1. The molecule has 2 aliphatic carbocycles. The number of thiophene rings is 1. The first kappa shape index (κ1) is 17.3. The van der Waals surface area contributed by atoms with Gasteiger partial charge in [0.05, 0.1) is 6.34 Å². The summed E-state index contributed by atoms with van der Waals surface area (Å²) in [6.45, 7) is 8.42. The minimum absolute atomic E-state index is 0.440. The maximum Gasteiger partial charge on any atom is 0.127 e. The van der Waals surface area contributed by atoms with Crippen molar-refractivity contribution in [1.29, 1.82) is 5.41 Å². The molecule has 1 aromatic heterocycles. The predicted octanol–water partition coefficient (Wildman–Crippen LogP) is 5.58. The van der Waals surface area contributed by atoms with Crippen molar-refractivity contribution in [2.24, 2.45) is 15.8 Å². The first-order chi connectivity index (χ1) is 11.9. The summed E-state index contributed by atoms with van der Waals surface area (Å²) in [4.78, 5) is 8.88. The van der Waals surface area contributed by atoms with Crippen LogP contribution in [0.25, 0.3) is 0 Å². The maximum absolute atomic E-state index is 7.90. The summed E-state index contributed by atoms with van der Waals surface area (Å²) in [6, 6.07) is 0.638. The fraction of sp³-hybridized carbons (Fsp3) is 0.714. The highest BCUT2D eigenvalue weighted by atomic mass is 32.1. The summed E-state index contributed by atoms with van der Waals surface area (Å²) in [5.74, 6) is 0. The van der Waals surface area contributed by atoms with E-state index in [2.05, 4.69) is 32.0 Å². The van der Waals surface area contributed by atoms with Gasteiger partial charge in [0.25, 0.3) is 0 Å². The van der Waals surface area contributed by atoms with Crippen molar-refractivity contribution < 1.29 is 0 Å². The summed E-state index contributed by atoms with van der Waals surface area (Å²) in [5, 5.41) is 8.96. The molecule has 2 unspecified atom stereocenters. The Hall–Kier alpha value is -1.16. The Balaban J connectivity index is 1.58. The third-order valence-corrected chi connectivity index (χ3v) is 7.58. The van der Waals surface area contributed by atoms with Crippen molar-refractivity contribution in [3.8, 4) is 0 Å². The highest BCUT2D eigenvalue weighted by Crippen LogP contribution is 2.52. The topological polar surface area (TPSA) is 39.5 Å². The Morgan fingerprint density at radius 1 is 1.16 bits per heavy atom. The lowest BCUT2D eigenvalue weighted by Gasteiger charge is -2.39. The molecular weight excluding hydrogens is 326 g/mol. The van der Waals surface area contributed by atoms with Crippen LogP contribution in [0.4, 0.5) is 5.00 Å². The summed E-state index contributed by atoms with van der Waals surface area (Å²) >= 11 is 1.83. The molecule has 3 aliphatic rings. The van der Waals surface area contributed by atoms with Crippen molar-refractivity contribution in [1.82, 2.24) is 4.90 Å². The Morgan fingerprint density at radius 2 is 1.96 bits per heavy atom. The minimum atomic E-state index is 0.440. The van der Waals surface area contributed by atoms with Crippen LogP contribution in [-0.4, -0.2) is 30.0 Å². The Labute approximate surface area is 156 Å². The van der Waals surface area contributed by atoms with E-state index < -0.39 is 0 Å². The van der Waals surface area contributed by atoms with Gasteiger partial charge in [-0.1, -0.05) is 27.2 Å². The number of nitrogens with one attached hydrogen (secondary N) is 1. The molecule has 25 heavy (non-hydrogen) atoms. The number of nitrogens with zero attached hydrogens (tertiary/aromatic N) is 2. The number of aliphatic imine (C=N–C) groups is 1. The maximum atomic E-state index is 7.90. The van der Waals surface area contributed by atoms with E-state index in [-0.39, 0.29) is 0 Å². The van der Waals surface area contributed by atoms with E-state index in [4.69, 9.17) is 10.4 Å². The van der Waals surface area contributed by atoms with Gasteiger partial charge in [0.1, 0.15) is 5.00 Å². The Morgan fingerprint density at radius 3 is 2.76 bits per heavy atom. The molecule has 0 radical (unpaired) electrons. The molecule has 2 fully saturated rings. The molecular formula is C21H31N3S. The van der Waals surface area contributed by atoms with E-state index in [9.17, 15) is 0 Å². The number of fused-ring (bicyclic) bond motifs is 3. The van der Waals surface area contributed by atoms with Crippen LogP contribution in [0.1, 0.15) is 75.3 Å². The fourth-order valence-electron chi connectivity index (χ4n) is 5.76. The Bertz CT molecular complexity index is 702. The van der Waals surface area contributed by atoms with Gasteiger partial charge in [-0.25, -0.2) is 4.99 Å². The Kier molecular flexibility index (Phi) is 4.30. The second-order valence-corrected chi connectivity index (χ2v) is 10.6. The van der Waals surface area contributed by atoms with Crippen molar-refractivity contribution >= 4 is 28.9 Å². The van der Waals surface area contributed by atoms with E-state index in [0.717, 1.165) is 23.5 Å². The van der Waals surface area contributed by atoms with Crippen LogP contribution >= 0.6 is 11.3 Å². The van der Waals surface area contributed by atoms with Crippen LogP contribution in [-0.2, 0) is 12.8 Å². The van der Waals surface area contributed by atoms with Gasteiger partial charge >= 0.3 is 0 Å². The van der Waals surface area contributed by atoms with Crippen molar-refractivity contribution in [2.45, 2.75) is 78.2 Å². The average Bonchev–Trinajstić information content (AvgIpc) is 2.86. The predicted molar refractivity (Wildman–Crippen MR) is 108 cm³/mol. The van der Waals surface area contributed by atoms with Gasteiger partial charge in [-0.15, -0.1) is 11.3 Å². The van der Waals surface area contributed by atoms with E-state index >= 15 is 0 Å². The van der Waals surface area contributed by atoms with E-state index in [0.29, 0.717) is 16.9 Å². The van der Waals surface area contributed by atoms with Crippen LogP contribution in [0, 0.1) is 16.2 Å². The molecule has 4 heteroatoms. The van der Waals surface area contributed by atoms with Crippen LogP contribution in [0.3, 0.4) is 0 Å². The molecule has 1 saturated carbocycles. The molecule has 1 aromatic rings. The summed E-state index contributed by atoms with van der Waals surface area (Å²) in [7, 11) is 0. The van der Waals surface area contributed by atoms with Gasteiger partial charge in [-0.2, -0.15) is 0 Å². The molecule has 0 amide bonds. The number of likely N-dealkylation sites (tertiary alicyclic amines) is 1. The summed E-state index contributed by atoms with van der Waals surface area (Å²) in [6.07, 6.45) is 13.7. The molecule has 0 spiro atoms. The smallest absolute Gasteiger partial charge is 0.127 e. The molecule has 3 nitrogen and oxygen atoms in total. The largest absolute Gasteiger partial charge is 0.359 e. The zero-order valence-corrected chi connectivity index (χ0v) is 16.7. The molecule has 1 saturated heterocycles. The van der Waals surface area contributed by atoms with Crippen LogP contribution < -0.4 is 0 Å². The zero-order valence-electron chi connectivity index (χ0n) is 15.9. The lowest BCUT2D eigenvalue weighted by Crippen LogP contribution is -2.34. The first-order valence-corrected chi connectivity index (χ1v) is 10.7. The quantitative estimate of drug-likeness (QED) is 0.428. The lowest BCUT2D eigenvalue weighted by molar-refractivity contribution is 0.133. The molecule has 1 N–H and O–H groups in total. The number of hydrogen-bond donors (Lipinski definition) is 1. The molecule has 136 valence electrons.